The summed E-state index contributed by atoms with van der Waals surface area (Å²) >= 11 is 0. The van der Waals surface area contributed by atoms with E-state index in [4.69, 9.17) is 5.73 Å². The van der Waals surface area contributed by atoms with Crippen LogP contribution in [-0.2, 0) is 0 Å². The number of nitrogens with zero attached hydrogens (tertiary/aromatic N) is 3. The van der Waals surface area contributed by atoms with Gasteiger partial charge in [0.1, 0.15) is 0 Å². The number of anilines is 2. The molecule has 0 bridgehead atoms. The van der Waals surface area contributed by atoms with E-state index in [9.17, 15) is 0 Å². The lowest BCUT2D eigenvalue weighted by Gasteiger charge is -2.37. The van der Waals surface area contributed by atoms with Crippen LogP contribution < -0.4 is 10.6 Å². The van der Waals surface area contributed by atoms with Crippen LogP contribution in [0.4, 0.5) is 11.4 Å². The number of nitrogens with two attached hydrogens (primary N) is 1. The zero-order valence-corrected chi connectivity index (χ0v) is 12.2. The summed E-state index contributed by atoms with van der Waals surface area (Å²) in [4.78, 5) is 9.21. The molecule has 4 nitrogen and oxygen atoms in total. The summed E-state index contributed by atoms with van der Waals surface area (Å²) in [6.07, 6.45) is 4.22. The normalized spacial score (nSPS) is 17.1. The summed E-state index contributed by atoms with van der Waals surface area (Å²) in [5.41, 5.74) is 8.97. The van der Waals surface area contributed by atoms with Crippen molar-refractivity contribution in [3.63, 3.8) is 0 Å². The van der Waals surface area contributed by atoms with E-state index in [0.717, 1.165) is 29.7 Å². The first-order valence-corrected chi connectivity index (χ1v) is 7.21. The van der Waals surface area contributed by atoms with E-state index in [1.807, 2.05) is 12.1 Å². The van der Waals surface area contributed by atoms with Crippen molar-refractivity contribution in [3.05, 3.63) is 30.5 Å². The Morgan fingerprint density at radius 3 is 2.65 bits per heavy atom. The van der Waals surface area contributed by atoms with Crippen LogP contribution in [0.2, 0.25) is 0 Å². The van der Waals surface area contributed by atoms with Gasteiger partial charge in [0.2, 0.25) is 0 Å². The van der Waals surface area contributed by atoms with Gasteiger partial charge in [-0.3, -0.25) is 4.98 Å². The molecule has 0 radical (unpaired) electrons. The topological polar surface area (TPSA) is 45.4 Å². The Morgan fingerprint density at radius 1 is 1.20 bits per heavy atom. The molecule has 1 aromatic heterocycles. The standard InChI is InChI=1S/C16H22N4/c1-19(2)12-7-10-20(11-8-12)15-6-5-14(17)16-13(15)4-3-9-18-16/h3-6,9,12H,7-8,10-11,17H2,1-2H3. The second kappa shape index (κ2) is 5.29. The van der Waals surface area contributed by atoms with Crippen molar-refractivity contribution in [2.75, 3.05) is 37.8 Å². The van der Waals surface area contributed by atoms with Gasteiger partial charge in [-0.2, -0.15) is 0 Å². The van der Waals surface area contributed by atoms with Crippen molar-refractivity contribution >= 4 is 22.3 Å². The van der Waals surface area contributed by atoms with E-state index < -0.39 is 0 Å². The summed E-state index contributed by atoms with van der Waals surface area (Å²) in [5.74, 6) is 0. The predicted octanol–water partition coefficient (Wildman–Crippen LogP) is 2.35. The van der Waals surface area contributed by atoms with Crippen molar-refractivity contribution < 1.29 is 0 Å². The van der Waals surface area contributed by atoms with Gasteiger partial charge < -0.3 is 15.5 Å². The summed E-state index contributed by atoms with van der Waals surface area (Å²) in [6, 6.07) is 8.91. The number of benzene rings is 1. The molecule has 1 aliphatic heterocycles. The van der Waals surface area contributed by atoms with E-state index in [0.29, 0.717) is 6.04 Å². The van der Waals surface area contributed by atoms with E-state index in [1.54, 1.807) is 6.20 Å². The molecule has 0 saturated carbocycles. The fourth-order valence-corrected chi connectivity index (χ4v) is 3.08. The Kier molecular flexibility index (Phi) is 3.49. The number of aromatic nitrogens is 1. The molecule has 1 aromatic carbocycles. The minimum Gasteiger partial charge on any atom is -0.397 e. The Balaban J connectivity index is 1.90. The van der Waals surface area contributed by atoms with Crippen LogP contribution in [0, 0.1) is 0 Å². The molecule has 0 amide bonds. The number of hydrogen-bond acceptors (Lipinski definition) is 4. The van der Waals surface area contributed by atoms with Crippen molar-refractivity contribution in [2.24, 2.45) is 0 Å². The molecule has 0 aliphatic carbocycles. The number of nitrogen functional groups attached to an aromatic ring is 1. The molecular weight excluding hydrogens is 248 g/mol. The molecule has 106 valence electrons. The number of rotatable bonds is 2. The molecule has 1 saturated heterocycles. The van der Waals surface area contributed by atoms with Gasteiger partial charge in [0.25, 0.3) is 0 Å². The molecule has 0 atom stereocenters. The molecule has 1 fully saturated rings. The molecule has 20 heavy (non-hydrogen) atoms. The van der Waals surface area contributed by atoms with Crippen molar-refractivity contribution in [3.8, 4) is 0 Å². The lowest BCUT2D eigenvalue weighted by molar-refractivity contribution is 0.250. The van der Waals surface area contributed by atoms with Crippen molar-refractivity contribution in [2.45, 2.75) is 18.9 Å². The van der Waals surface area contributed by atoms with Crippen LogP contribution in [0.3, 0.4) is 0 Å². The number of fused-ring (bicyclic) bond motifs is 1. The largest absolute Gasteiger partial charge is 0.397 e. The van der Waals surface area contributed by atoms with Gasteiger partial charge in [-0.1, -0.05) is 0 Å². The molecule has 2 heterocycles. The van der Waals surface area contributed by atoms with E-state index in [1.165, 1.54) is 18.5 Å². The fraction of sp³-hybridized carbons (Fsp3) is 0.438. The highest BCUT2D eigenvalue weighted by molar-refractivity contribution is 5.98. The Morgan fingerprint density at radius 2 is 1.95 bits per heavy atom. The van der Waals surface area contributed by atoms with Gasteiger partial charge in [0.15, 0.2) is 0 Å². The van der Waals surface area contributed by atoms with Crippen LogP contribution in [0.15, 0.2) is 30.5 Å². The van der Waals surface area contributed by atoms with Gasteiger partial charge in [0, 0.05) is 36.4 Å². The summed E-state index contributed by atoms with van der Waals surface area (Å²) in [7, 11) is 4.34. The van der Waals surface area contributed by atoms with E-state index in [-0.39, 0.29) is 0 Å². The third-order valence-corrected chi connectivity index (χ3v) is 4.31. The minimum absolute atomic E-state index is 0.699. The van der Waals surface area contributed by atoms with E-state index >= 15 is 0 Å². The average Bonchev–Trinajstić information content (AvgIpc) is 2.48. The quantitative estimate of drug-likeness (QED) is 0.851. The lowest BCUT2D eigenvalue weighted by Crippen LogP contribution is -2.42. The number of piperidine rings is 1. The highest BCUT2D eigenvalue weighted by Gasteiger charge is 2.22. The maximum atomic E-state index is 6.03. The molecule has 2 N–H and O–H groups in total. The minimum atomic E-state index is 0.699. The molecule has 3 rings (SSSR count). The van der Waals surface area contributed by atoms with Crippen LogP contribution in [0.5, 0.6) is 0 Å². The summed E-state index contributed by atoms with van der Waals surface area (Å²) in [6.45, 7) is 2.19. The second-order valence-corrected chi connectivity index (χ2v) is 5.76. The fourth-order valence-electron chi connectivity index (χ4n) is 3.08. The van der Waals surface area contributed by atoms with Gasteiger partial charge in [-0.15, -0.1) is 0 Å². The molecule has 1 aliphatic rings. The smallest absolute Gasteiger partial charge is 0.0951 e. The zero-order chi connectivity index (χ0) is 14.1. The maximum Gasteiger partial charge on any atom is 0.0951 e. The second-order valence-electron chi connectivity index (χ2n) is 5.76. The van der Waals surface area contributed by atoms with E-state index in [2.05, 4.69) is 41.0 Å². The lowest BCUT2D eigenvalue weighted by atomic mass is 10.0. The molecule has 0 spiro atoms. The van der Waals surface area contributed by atoms with Gasteiger partial charge >= 0.3 is 0 Å². The molecular formula is C16H22N4. The first-order valence-electron chi connectivity index (χ1n) is 7.21. The van der Waals surface area contributed by atoms with Gasteiger partial charge in [-0.25, -0.2) is 0 Å². The van der Waals surface area contributed by atoms with Gasteiger partial charge in [0.05, 0.1) is 11.2 Å². The third-order valence-electron chi connectivity index (χ3n) is 4.31. The Hall–Kier alpha value is -1.81. The predicted molar refractivity (Wildman–Crippen MR) is 85.1 cm³/mol. The first-order chi connectivity index (χ1) is 9.66. The van der Waals surface area contributed by atoms with Crippen LogP contribution in [-0.4, -0.2) is 43.1 Å². The van der Waals surface area contributed by atoms with Crippen LogP contribution in [0.1, 0.15) is 12.8 Å². The monoisotopic (exact) mass is 270 g/mol. The summed E-state index contributed by atoms with van der Waals surface area (Å²) < 4.78 is 0. The van der Waals surface area contributed by atoms with Crippen molar-refractivity contribution in [1.82, 2.24) is 9.88 Å². The number of hydrogen-bond donors (Lipinski definition) is 1. The Bertz CT molecular complexity index is 600. The number of pyridine rings is 1. The first kappa shape index (κ1) is 13.2. The maximum absolute atomic E-state index is 6.03. The highest BCUT2D eigenvalue weighted by atomic mass is 15.2. The average molecular weight is 270 g/mol. The van der Waals surface area contributed by atoms with Crippen LogP contribution >= 0.6 is 0 Å². The van der Waals surface area contributed by atoms with Crippen molar-refractivity contribution in [1.29, 1.82) is 0 Å². The van der Waals surface area contributed by atoms with Crippen LogP contribution in [0.25, 0.3) is 10.9 Å². The molecule has 2 aromatic rings. The Labute approximate surface area is 120 Å². The third kappa shape index (κ3) is 2.31. The zero-order valence-electron chi connectivity index (χ0n) is 12.2. The van der Waals surface area contributed by atoms with Gasteiger partial charge in [-0.05, 0) is 51.2 Å². The molecule has 0 unspecified atom stereocenters. The highest BCUT2D eigenvalue weighted by Crippen LogP contribution is 2.31. The SMILES string of the molecule is CN(C)C1CCN(c2ccc(N)c3ncccc23)CC1. The molecule has 4 heteroatoms. The summed E-state index contributed by atoms with van der Waals surface area (Å²) in [5, 5.41) is 1.16.